The van der Waals surface area contributed by atoms with Gasteiger partial charge in [0.2, 0.25) is 0 Å². The molecule has 0 radical (unpaired) electrons. The number of carbonyl (C=O) groups is 2. The molecule has 0 aromatic carbocycles. The van der Waals surface area contributed by atoms with Crippen LogP contribution in [0.5, 0.6) is 0 Å². The van der Waals surface area contributed by atoms with Gasteiger partial charge in [0.05, 0.1) is 32.5 Å². The average molecular weight is 212 g/mol. The second-order valence-electron chi connectivity index (χ2n) is 3.13. The molecule has 1 unspecified atom stereocenters. The molecule has 1 aromatic rings. The number of hydrogen-bond donors (Lipinski definition) is 1. The highest BCUT2D eigenvalue weighted by molar-refractivity contribution is 5.73. The van der Waals surface area contributed by atoms with Crippen LogP contribution in [0.25, 0.3) is 0 Å². The van der Waals surface area contributed by atoms with E-state index in [0.717, 1.165) is 0 Å². The van der Waals surface area contributed by atoms with E-state index in [4.69, 9.17) is 9.52 Å². The van der Waals surface area contributed by atoms with Gasteiger partial charge in [0.1, 0.15) is 0 Å². The molecular weight excluding hydrogens is 200 g/mol. The molecule has 0 spiro atoms. The van der Waals surface area contributed by atoms with Crippen molar-refractivity contribution in [1.82, 2.24) is 0 Å². The molecule has 0 saturated heterocycles. The Kier molecular flexibility index (Phi) is 3.91. The number of ether oxygens (including phenoxy) is 1. The predicted molar refractivity (Wildman–Crippen MR) is 50.3 cm³/mol. The summed E-state index contributed by atoms with van der Waals surface area (Å²) in [6, 6.07) is 1.65. The SMILES string of the molecule is COC(=O)CC(CC(=O)O)c1ccoc1. The van der Waals surface area contributed by atoms with E-state index in [1.165, 1.54) is 19.6 Å². The number of methoxy groups -OCH3 is 1. The number of aliphatic carboxylic acids is 1. The maximum Gasteiger partial charge on any atom is 0.306 e. The highest BCUT2D eigenvalue weighted by Crippen LogP contribution is 2.24. The van der Waals surface area contributed by atoms with E-state index in [1.54, 1.807) is 6.07 Å². The first-order valence-corrected chi connectivity index (χ1v) is 4.44. The van der Waals surface area contributed by atoms with Crippen LogP contribution in [0.15, 0.2) is 23.0 Å². The van der Waals surface area contributed by atoms with Crippen LogP contribution in [-0.4, -0.2) is 24.2 Å². The van der Waals surface area contributed by atoms with Gasteiger partial charge in [-0.2, -0.15) is 0 Å². The van der Waals surface area contributed by atoms with Crippen LogP contribution >= 0.6 is 0 Å². The van der Waals surface area contributed by atoms with E-state index in [9.17, 15) is 9.59 Å². The summed E-state index contributed by atoms with van der Waals surface area (Å²) >= 11 is 0. The van der Waals surface area contributed by atoms with Crippen molar-refractivity contribution in [2.45, 2.75) is 18.8 Å². The number of carbonyl (C=O) groups excluding carboxylic acids is 1. The molecule has 82 valence electrons. The fourth-order valence-corrected chi connectivity index (χ4v) is 1.31. The fraction of sp³-hybridized carbons (Fsp3) is 0.400. The quantitative estimate of drug-likeness (QED) is 0.746. The Morgan fingerprint density at radius 2 is 2.27 bits per heavy atom. The van der Waals surface area contributed by atoms with E-state index in [0.29, 0.717) is 5.56 Å². The lowest BCUT2D eigenvalue weighted by atomic mass is 9.95. The lowest BCUT2D eigenvalue weighted by Crippen LogP contribution is -2.12. The van der Waals surface area contributed by atoms with Gasteiger partial charge >= 0.3 is 11.9 Å². The van der Waals surface area contributed by atoms with Gasteiger partial charge in [0.25, 0.3) is 0 Å². The topological polar surface area (TPSA) is 76.7 Å². The first-order valence-electron chi connectivity index (χ1n) is 4.44. The molecule has 0 fully saturated rings. The second-order valence-corrected chi connectivity index (χ2v) is 3.13. The van der Waals surface area contributed by atoms with Crippen molar-refractivity contribution in [3.63, 3.8) is 0 Å². The zero-order valence-electron chi connectivity index (χ0n) is 8.30. The zero-order chi connectivity index (χ0) is 11.3. The average Bonchev–Trinajstić information content (AvgIpc) is 2.68. The van der Waals surface area contributed by atoms with Crippen molar-refractivity contribution in [3.8, 4) is 0 Å². The normalized spacial score (nSPS) is 12.1. The van der Waals surface area contributed by atoms with E-state index >= 15 is 0 Å². The molecule has 5 nitrogen and oxygen atoms in total. The number of rotatable bonds is 5. The molecular formula is C10H12O5. The van der Waals surface area contributed by atoms with E-state index in [2.05, 4.69) is 4.74 Å². The van der Waals surface area contributed by atoms with Crippen molar-refractivity contribution >= 4 is 11.9 Å². The first kappa shape index (κ1) is 11.3. The van der Waals surface area contributed by atoms with Gasteiger partial charge in [-0.15, -0.1) is 0 Å². The molecule has 0 aliphatic rings. The van der Waals surface area contributed by atoms with Crippen molar-refractivity contribution in [3.05, 3.63) is 24.2 Å². The molecule has 0 amide bonds. The van der Waals surface area contributed by atoms with Gasteiger partial charge in [-0.3, -0.25) is 9.59 Å². The molecule has 1 rings (SSSR count). The van der Waals surface area contributed by atoms with Crippen LogP contribution in [-0.2, 0) is 14.3 Å². The number of esters is 1. The van der Waals surface area contributed by atoms with Gasteiger partial charge in [-0.1, -0.05) is 0 Å². The highest BCUT2D eigenvalue weighted by atomic mass is 16.5. The Morgan fingerprint density at radius 3 is 2.73 bits per heavy atom. The first-order chi connectivity index (χ1) is 7.13. The summed E-state index contributed by atoms with van der Waals surface area (Å²) in [5.41, 5.74) is 0.697. The number of hydrogen-bond acceptors (Lipinski definition) is 4. The summed E-state index contributed by atoms with van der Waals surface area (Å²) in [7, 11) is 1.27. The third-order valence-electron chi connectivity index (χ3n) is 2.08. The monoisotopic (exact) mass is 212 g/mol. The third-order valence-corrected chi connectivity index (χ3v) is 2.08. The Balaban J connectivity index is 2.70. The minimum absolute atomic E-state index is 0.0440. The predicted octanol–water partition coefficient (Wildman–Crippen LogP) is 1.40. The minimum atomic E-state index is -0.954. The summed E-state index contributed by atoms with van der Waals surface area (Å²) in [5, 5.41) is 8.69. The van der Waals surface area contributed by atoms with Crippen molar-refractivity contribution in [2.75, 3.05) is 7.11 Å². The van der Waals surface area contributed by atoms with Crippen molar-refractivity contribution < 1.29 is 23.8 Å². The number of carboxylic acid groups (broad SMARTS) is 1. The molecule has 1 N–H and O–H groups in total. The summed E-state index contributed by atoms with van der Waals surface area (Å²) in [4.78, 5) is 21.6. The number of carboxylic acids is 1. The molecule has 0 aliphatic heterocycles. The fourth-order valence-electron chi connectivity index (χ4n) is 1.31. The Bertz CT molecular complexity index is 328. The van der Waals surface area contributed by atoms with Gasteiger partial charge in [0, 0.05) is 5.92 Å². The smallest absolute Gasteiger partial charge is 0.306 e. The highest BCUT2D eigenvalue weighted by Gasteiger charge is 2.20. The van der Waals surface area contributed by atoms with E-state index in [1.807, 2.05) is 0 Å². The Morgan fingerprint density at radius 1 is 1.53 bits per heavy atom. The van der Waals surface area contributed by atoms with Crippen LogP contribution in [0.4, 0.5) is 0 Å². The maximum atomic E-state index is 11.1. The molecule has 0 saturated carbocycles. The van der Waals surface area contributed by atoms with Crippen LogP contribution in [0.1, 0.15) is 24.3 Å². The molecule has 5 heteroatoms. The van der Waals surface area contributed by atoms with Crippen LogP contribution in [0.2, 0.25) is 0 Å². The molecule has 1 heterocycles. The van der Waals surface area contributed by atoms with Crippen LogP contribution in [0, 0.1) is 0 Å². The van der Waals surface area contributed by atoms with Crippen molar-refractivity contribution in [2.24, 2.45) is 0 Å². The summed E-state index contributed by atoms with van der Waals surface area (Å²) in [6.45, 7) is 0. The van der Waals surface area contributed by atoms with Gasteiger partial charge < -0.3 is 14.3 Å². The van der Waals surface area contributed by atoms with Gasteiger partial charge in [0.15, 0.2) is 0 Å². The van der Waals surface area contributed by atoms with E-state index in [-0.39, 0.29) is 12.8 Å². The Hall–Kier alpha value is -1.78. The summed E-state index contributed by atoms with van der Waals surface area (Å²) in [5.74, 6) is -1.78. The standard InChI is InChI=1S/C10H12O5/c1-14-10(13)5-8(4-9(11)12)7-2-3-15-6-7/h2-3,6,8H,4-5H2,1H3,(H,11,12). The van der Waals surface area contributed by atoms with Gasteiger partial charge in [-0.25, -0.2) is 0 Å². The lowest BCUT2D eigenvalue weighted by Gasteiger charge is -2.10. The molecule has 0 aliphatic carbocycles. The summed E-state index contributed by atoms with van der Waals surface area (Å²) in [6.07, 6.45) is 2.81. The Labute approximate surface area is 86.6 Å². The largest absolute Gasteiger partial charge is 0.481 e. The second kappa shape index (κ2) is 5.19. The maximum absolute atomic E-state index is 11.1. The molecule has 15 heavy (non-hydrogen) atoms. The number of furan rings is 1. The van der Waals surface area contributed by atoms with Gasteiger partial charge in [-0.05, 0) is 11.6 Å². The summed E-state index contributed by atoms with van der Waals surface area (Å²) < 4.78 is 9.35. The molecule has 1 atom stereocenters. The molecule has 0 bridgehead atoms. The van der Waals surface area contributed by atoms with E-state index < -0.39 is 17.9 Å². The third kappa shape index (κ3) is 3.46. The zero-order valence-corrected chi connectivity index (χ0v) is 8.30. The van der Waals surface area contributed by atoms with Crippen molar-refractivity contribution in [1.29, 1.82) is 0 Å². The molecule has 1 aromatic heterocycles. The lowest BCUT2D eigenvalue weighted by molar-refractivity contribution is -0.141. The van der Waals surface area contributed by atoms with Crippen LogP contribution in [0.3, 0.4) is 0 Å². The minimum Gasteiger partial charge on any atom is -0.481 e. The van der Waals surface area contributed by atoms with Crippen LogP contribution < -0.4 is 0 Å².